The van der Waals surface area contributed by atoms with Gasteiger partial charge in [-0.25, -0.2) is 4.39 Å². The fraction of sp³-hybridized carbons (Fsp3) is 0.538. The molecular weight excluding hydrogens is 203 g/mol. The zero-order chi connectivity index (χ0) is 11.5. The molecule has 0 unspecified atom stereocenters. The number of rotatable bonds is 3. The number of halogens is 1. The van der Waals surface area contributed by atoms with E-state index in [1.807, 2.05) is 13.1 Å². The van der Waals surface area contributed by atoms with E-state index >= 15 is 0 Å². The summed E-state index contributed by atoms with van der Waals surface area (Å²) in [5, 5.41) is 0. The Morgan fingerprint density at radius 2 is 2.06 bits per heavy atom. The minimum absolute atomic E-state index is 0.267. The van der Waals surface area contributed by atoms with Crippen molar-refractivity contribution in [3.8, 4) is 0 Å². The molecule has 88 valence electrons. The molecule has 0 aliphatic heterocycles. The molecule has 3 heteroatoms. The van der Waals surface area contributed by atoms with Crippen LogP contribution >= 0.6 is 0 Å². The number of nitrogen functional groups attached to an aromatic ring is 1. The maximum absolute atomic E-state index is 13.3. The summed E-state index contributed by atoms with van der Waals surface area (Å²) in [7, 11) is 1.99. The molecule has 0 amide bonds. The molecule has 0 aromatic heterocycles. The fourth-order valence-electron chi connectivity index (χ4n) is 2.54. The maximum Gasteiger partial charge on any atom is 0.148 e. The van der Waals surface area contributed by atoms with Crippen molar-refractivity contribution < 1.29 is 4.39 Å². The minimum Gasteiger partial charge on any atom is -0.395 e. The number of nitrogens with two attached hydrogens (primary N) is 1. The first-order valence-corrected chi connectivity index (χ1v) is 5.93. The molecule has 0 radical (unpaired) electrons. The third-order valence-electron chi connectivity index (χ3n) is 3.45. The Bertz CT molecular complexity index is 359. The highest BCUT2D eigenvalue weighted by Crippen LogP contribution is 2.29. The number of para-hydroxylation sites is 1. The molecule has 0 spiro atoms. The molecule has 1 aliphatic carbocycles. The lowest BCUT2D eigenvalue weighted by atomic mass is 10.1. The van der Waals surface area contributed by atoms with Crippen molar-refractivity contribution in [2.24, 2.45) is 5.92 Å². The Kier molecular flexibility index (Phi) is 3.32. The van der Waals surface area contributed by atoms with Gasteiger partial charge in [-0.1, -0.05) is 18.9 Å². The zero-order valence-corrected chi connectivity index (χ0v) is 9.75. The third-order valence-corrected chi connectivity index (χ3v) is 3.45. The quantitative estimate of drug-likeness (QED) is 0.796. The van der Waals surface area contributed by atoms with Crippen LogP contribution in [0.15, 0.2) is 18.2 Å². The zero-order valence-electron chi connectivity index (χ0n) is 9.75. The number of anilines is 2. The number of benzene rings is 1. The molecule has 1 aromatic rings. The van der Waals surface area contributed by atoms with Crippen molar-refractivity contribution in [1.82, 2.24) is 0 Å². The van der Waals surface area contributed by atoms with E-state index < -0.39 is 0 Å². The van der Waals surface area contributed by atoms with Gasteiger partial charge in [0.25, 0.3) is 0 Å². The molecule has 1 aliphatic rings. The van der Waals surface area contributed by atoms with Gasteiger partial charge in [-0.05, 0) is 30.9 Å². The number of hydrogen-bond donors (Lipinski definition) is 1. The topological polar surface area (TPSA) is 29.3 Å². The summed E-state index contributed by atoms with van der Waals surface area (Å²) in [6.07, 6.45) is 5.24. The minimum atomic E-state index is -0.323. The maximum atomic E-state index is 13.3. The molecule has 1 fully saturated rings. The molecule has 0 heterocycles. The van der Waals surface area contributed by atoms with Crippen LogP contribution in [0.1, 0.15) is 25.7 Å². The highest BCUT2D eigenvalue weighted by Gasteiger charge is 2.18. The van der Waals surface area contributed by atoms with E-state index in [1.54, 1.807) is 6.07 Å². The lowest BCUT2D eigenvalue weighted by molar-refractivity contribution is 0.546. The summed E-state index contributed by atoms with van der Waals surface area (Å²) in [6.45, 7) is 0.980. The van der Waals surface area contributed by atoms with Crippen molar-refractivity contribution in [2.45, 2.75) is 25.7 Å². The first kappa shape index (κ1) is 11.2. The molecule has 0 bridgehead atoms. The molecule has 0 atom stereocenters. The van der Waals surface area contributed by atoms with E-state index in [-0.39, 0.29) is 11.5 Å². The van der Waals surface area contributed by atoms with Crippen LogP contribution < -0.4 is 10.6 Å². The fourth-order valence-corrected chi connectivity index (χ4v) is 2.54. The molecule has 2 N–H and O–H groups in total. The predicted molar refractivity (Wildman–Crippen MR) is 66.0 cm³/mol. The Morgan fingerprint density at radius 3 is 2.75 bits per heavy atom. The van der Waals surface area contributed by atoms with Crippen LogP contribution in [-0.2, 0) is 0 Å². The molecule has 1 saturated carbocycles. The van der Waals surface area contributed by atoms with E-state index in [9.17, 15) is 4.39 Å². The van der Waals surface area contributed by atoms with E-state index in [4.69, 9.17) is 5.73 Å². The Morgan fingerprint density at radius 1 is 1.38 bits per heavy atom. The van der Waals surface area contributed by atoms with Crippen molar-refractivity contribution in [3.63, 3.8) is 0 Å². The van der Waals surface area contributed by atoms with Gasteiger partial charge in [-0.3, -0.25) is 0 Å². The lowest BCUT2D eigenvalue weighted by Gasteiger charge is -2.24. The summed E-state index contributed by atoms with van der Waals surface area (Å²) in [4.78, 5) is 2.08. The van der Waals surface area contributed by atoms with Crippen molar-refractivity contribution in [3.05, 3.63) is 24.0 Å². The molecule has 16 heavy (non-hydrogen) atoms. The predicted octanol–water partition coefficient (Wildman–Crippen LogP) is 3.03. The average molecular weight is 222 g/mol. The SMILES string of the molecule is CN(CC1CCCC1)c1cccc(F)c1N. The molecule has 2 nitrogen and oxygen atoms in total. The summed E-state index contributed by atoms with van der Waals surface area (Å²) >= 11 is 0. The van der Waals surface area contributed by atoms with Crippen LogP contribution in [0, 0.1) is 11.7 Å². The van der Waals surface area contributed by atoms with Crippen molar-refractivity contribution in [2.75, 3.05) is 24.2 Å². The Balaban J connectivity index is 2.07. The third kappa shape index (κ3) is 2.29. The summed E-state index contributed by atoms with van der Waals surface area (Å²) in [5.41, 5.74) is 6.82. The molecular formula is C13H19FN2. The summed E-state index contributed by atoms with van der Waals surface area (Å²) in [6, 6.07) is 5.00. The standard InChI is InChI=1S/C13H19FN2/c1-16(9-10-5-2-3-6-10)12-8-4-7-11(14)13(12)15/h4,7-8,10H,2-3,5-6,9,15H2,1H3. The van der Waals surface area contributed by atoms with Crippen molar-refractivity contribution in [1.29, 1.82) is 0 Å². The summed E-state index contributed by atoms with van der Waals surface area (Å²) < 4.78 is 13.3. The van der Waals surface area contributed by atoms with Gasteiger partial charge in [0.1, 0.15) is 5.82 Å². The van der Waals surface area contributed by atoms with Gasteiger partial charge in [-0.15, -0.1) is 0 Å². The van der Waals surface area contributed by atoms with Gasteiger partial charge in [0, 0.05) is 13.6 Å². The van der Waals surface area contributed by atoms with Crippen LogP contribution in [0.2, 0.25) is 0 Å². The largest absolute Gasteiger partial charge is 0.395 e. The lowest BCUT2D eigenvalue weighted by Crippen LogP contribution is -2.25. The van der Waals surface area contributed by atoms with Gasteiger partial charge in [0.05, 0.1) is 11.4 Å². The second kappa shape index (κ2) is 4.73. The van der Waals surface area contributed by atoms with Crippen LogP contribution in [0.5, 0.6) is 0 Å². The van der Waals surface area contributed by atoms with Gasteiger partial charge < -0.3 is 10.6 Å². The van der Waals surface area contributed by atoms with Gasteiger partial charge in [0.15, 0.2) is 0 Å². The average Bonchev–Trinajstić information content (AvgIpc) is 2.74. The Hall–Kier alpha value is -1.25. The molecule has 0 saturated heterocycles. The van der Waals surface area contributed by atoms with Crippen LogP contribution in [0.4, 0.5) is 15.8 Å². The Labute approximate surface area is 96.2 Å². The number of nitrogens with zero attached hydrogens (tertiary/aromatic N) is 1. The first-order chi connectivity index (χ1) is 7.68. The first-order valence-electron chi connectivity index (χ1n) is 5.93. The smallest absolute Gasteiger partial charge is 0.148 e. The van der Waals surface area contributed by atoms with Gasteiger partial charge in [-0.2, -0.15) is 0 Å². The van der Waals surface area contributed by atoms with Crippen molar-refractivity contribution >= 4 is 11.4 Å². The molecule has 1 aromatic carbocycles. The van der Waals surface area contributed by atoms with Gasteiger partial charge >= 0.3 is 0 Å². The van der Waals surface area contributed by atoms with Crippen LogP contribution in [0.25, 0.3) is 0 Å². The van der Waals surface area contributed by atoms with Crippen LogP contribution in [0.3, 0.4) is 0 Å². The monoisotopic (exact) mass is 222 g/mol. The van der Waals surface area contributed by atoms with E-state index in [1.165, 1.54) is 31.7 Å². The second-order valence-corrected chi connectivity index (χ2v) is 4.70. The summed E-state index contributed by atoms with van der Waals surface area (Å²) in [5.74, 6) is 0.420. The number of hydrogen-bond acceptors (Lipinski definition) is 2. The molecule has 2 rings (SSSR count). The van der Waals surface area contributed by atoms with E-state index in [0.717, 1.165) is 18.2 Å². The second-order valence-electron chi connectivity index (χ2n) is 4.70. The van der Waals surface area contributed by atoms with E-state index in [2.05, 4.69) is 4.90 Å². The van der Waals surface area contributed by atoms with Crippen LogP contribution in [-0.4, -0.2) is 13.6 Å². The highest BCUT2D eigenvalue weighted by atomic mass is 19.1. The van der Waals surface area contributed by atoms with Gasteiger partial charge in [0.2, 0.25) is 0 Å². The normalized spacial score (nSPS) is 16.6. The van der Waals surface area contributed by atoms with E-state index in [0.29, 0.717) is 0 Å². The highest BCUT2D eigenvalue weighted by molar-refractivity contribution is 5.67.